The number of ether oxygens (including phenoxy) is 1. The molecule has 0 saturated carbocycles. The van der Waals surface area contributed by atoms with Crippen molar-refractivity contribution in [1.82, 2.24) is 9.29 Å². The molecule has 0 amide bonds. The molecule has 1 fully saturated rings. The number of hydrogen-bond donors (Lipinski definition) is 1. The summed E-state index contributed by atoms with van der Waals surface area (Å²) >= 11 is 0. The van der Waals surface area contributed by atoms with Gasteiger partial charge in [-0.1, -0.05) is 18.2 Å². The number of aryl methyl sites for hydroxylation is 1. The summed E-state index contributed by atoms with van der Waals surface area (Å²) in [5, 5.41) is 10.5. The highest BCUT2D eigenvalue weighted by atomic mass is 32.2. The second-order valence-electron chi connectivity index (χ2n) is 8.41. The molecule has 5 rings (SSSR count). The van der Waals surface area contributed by atoms with Crippen LogP contribution in [0.5, 0.6) is 0 Å². The van der Waals surface area contributed by atoms with E-state index in [1.807, 2.05) is 30.3 Å². The van der Waals surface area contributed by atoms with E-state index in [-0.39, 0.29) is 16.3 Å². The zero-order valence-corrected chi connectivity index (χ0v) is 20.3. The van der Waals surface area contributed by atoms with Crippen LogP contribution in [-0.4, -0.2) is 49.8 Å². The SMILES string of the molecule is Cc1[nH]c2ccccc2c1C(=O)/C(C#N)=C/c1ccc(-c2ccc(S(=O)(=O)N3CCOCC3)cc2)o1. The maximum Gasteiger partial charge on any atom is 0.243 e. The van der Waals surface area contributed by atoms with Crippen LogP contribution >= 0.6 is 0 Å². The van der Waals surface area contributed by atoms with Crippen molar-refractivity contribution in [2.24, 2.45) is 0 Å². The molecule has 1 saturated heterocycles. The number of fused-ring (bicyclic) bond motifs is 1. The van der Waals surface area contributed by atoms with Gasteiger partial charge in [-0.25, -0.2) is 8.42 Å². The van der Waals surface area contributed by atoms with E-state index >= 15 is 0 Å². The number of hydrogen-bond acceptors (Lipinski definition) is 6. The number of carbonyl (C=O) groups excluding carboxylic acids is 1. The molecule has 0 radical (unpaired) electrons. The molecule has 1 aliphatic rings. The highest BCUT2D eigenvalue weighted by Crippen LogP contribution is 2.28. The first-order chi connectivity index (χ1) is 17.4. The lowest BCUT2D eigenvalue weighted by Crippen LogP contribution is -2.40. The Labute approximate surface area is 208 Å². The number of nitriles is 1. The van der Waals surface area contributed by atoms with Crippen molar-refractivity contribution in [3.8, 4) is 17.4 Å². The first-order valence-electron chi connectivity index (χ1n) is 11.4. The van der Waals surface area contributed by atoms with Gasteiger partial charge >= 0.3 is 0 Å². The maximum absolute atomic E-state index is 13.2. The smallest absolute Gasteiger partial charge is 0.243 e. The topological polar surface area (TPSA) is 116 Å². The lowest BCUT2D eigenvalue weighted by Gasteiger charge is -2.26. The molecule has 3 heterocycles. The molecule has 1 aliphatic heterocycles. The largest absolute Gasteiger partial charge is 0.457 e. The van der Waals surface area contributed by atoms with E-state index in [0.29, 0.717) is 54.6 Å². The van der Waals surface area contributed by atoms with Crippen LogP contribution in [0.2, 0.25) is 0 Å². The molecule has 9 heteroatoms. The van der Waals surface area contributed by atoms with E-state index < -0.39 is 10.0 Å². The van der Waals surface area contributed by atoms with Crippen molar-refractivity contribution in [1.29, 1.82) is 5.26 Å². The lowest BCUT2D eigenvalue weighted by molar-refractivity contribution is 0.0730. The summed E-state index contributed by atoms with van der Waals surface area (Å²) in [7, 11) is -3.59. The maximum atomic E-state index is 13.2. The minimum atomic E-state index is -3.59. The van der Waals surface area contributed by atoms with Gasteiger partial charge in [0.05, 0.1) is 23.7 Å². The van der Waals surface area contributed by atoms with E-state index in [1.54, 1.807) is 43.3 Å². The van der Waals surface area contributed by atoms with Gasteiger partial charge in [-0.05, 0) is 49.4 Å². The molecule has 2 aromatic carbocycles. The van der Waals surface area contributed by atoms with Crippen molar-refractivity contribution in [2.75, 3.05) is 26.3 Å². The number of sulfonamides is 1. The number of benzene rings is 2. The van der Waals surface area contributed by atoms with Crippen LogP contribution in [0.25, 0.3) is 28.3 Å². The third-order valence-corrected chi connectivity index (χ3v) is 8.06. The Morgan fingerprint density at radius 3 is 2.50 bits per heavy atom. The number of nitrogens with one attached hydrogen (secondary N) is 1. The molecular formula is C27H23N3O5S. The summed E-state index contributed by atoms with van der Waals surface area (Å²) in [4.78, 5) is 16.6. The van der Waals surface area contributed by atoms with Crippen LogP contribution in [0.4, 0.5) is 0 Å². The number of H-pyrrole nitrogens is 1. The number of carbonyl (C=O) groups is 1. The number of allylic oxidation sites excluding steroid dienone is 1. The number of morpholine rings is 1. The number of para-hydroxylation sites is 1. The summed E-state index contributed by atoms with van der Waals surface area (Å²) in [5.74, 6) is 0.449. The third-order valence-electron chi connectivity index (χ3n) is 6.15. The molecule has 0 spiro atoms. The summed E-state index contributed by atoms with van der Waals surface area (Å²) < 4.78 is 38.2. The Morgan fingerprint density at radius 2 is 1.78 bits per heavy atom. The molecular weight excluding hydrogens is 478 g/mol. The first kappa shape index (κ1) is 23.8. The number of ketones is 1. The van der Waals surface area contributed by atoms with E-state index in [4.69, 9.17) is 9.15 Å². The van der Waals surface area contributed by atoms with E-state index in [2.05, 4.69) is 4.98 Å². The van der Waals surface area contributed by atoms with Crippen molar-refractivity contribution >= 4 is 32.8 Å². The minimum absolute atomic E-state index is 0.0456. The molecule has 1 N–H and O–H groups in total. The number of aromatic amines is 1. The predicted molar refractivity (Wildman–Crippen MR) is 135 cm³/mol. The van der Waals surface area contributed by atoms with Gasteiger partial charge in [0.1, 0.15) is 23.2 Å². The Kier molecular flexibility index (Phi) is 6.33. The highest BCUT2D eigenvalue weighted by Gasteiger charge is 2.26. The number of Topliss-reactive ketones (excluding diaryl/α,β-unsaturated/α-hetero) is 1. The number of aromatic nitrogens is 1. The van der Waals surface area contributed by atoms with Gasteiger partial charge in [0.2, 0.25) is 15.8 Å². The zero-order chi connectivity index (χ0) is 25.3. The van der Waals surface area contributed by atoms with Gasteiger partial charge in [-0.2, -0.15) is 9.57 Å². The Bertz CT molecular complexity index is 1620. The summed E-state index contributed by atoms with van der Waals surface area (Å²) in [6.07, 6.45) is 1.42. The van der Waals surface area contributed by atoms with E-state index in [1.165, 1.54) is 10.4 Å². The van der Waals surface area contributed by atoms with Gasteiger partial charge in [0.15, 0.2) is 0 Å². The van der Waals surface area contributed by atoms with Crippen molar-refractivity contribution < 1.29 is 22.4 Å². The Hall–Kier alpha value is -3.97. The molecule has 0 aliphatic carbocycles. The van der Waals surface area contributed by atoms with Crippen LogP contribution in [0.15, 0.2) is 75.5 Å². The lowest BCUT2D eigenvalue weighted by atomic mass is 10.0. The van der Waals surface area contributed by atoms with E-state index in [0.717, 1.165) is 10.9 Å². The van der Waals surface area contributed by atoms with Crippen LogP contribution in [0.3, 0.4) is 0 Å². The monoisotopic (exact) mass is 501 g/mol. The minimum Gasteiger partial charge on any atom is -0.457 e. The average molecular weight is 502 g/mol. The summed E-state index contributed by atoms with van der Waals surface area (Å²) in [6, 6.07) is 19.3. The van der Waals surface area contributed by atoms with Crippen LogP contribution in [-0.2, 0) is 14.8 Å². The number of nitrogens with zero attached hydrogens (tertiary/aromatic N) is 2. The molecule has 8 nitrogen and oxygen atoms in total. The molecule has 0 bridgehead atoms. The quantitative estimate of drug-likeness (QED) is 0.235. The first-order valence-corrected chi connectivity index (χ1v) is 12.8. The van der Waals surface area contributed by atoms with Crippen molar-refractivity contribution in [3.63, 3.8) is 0 Å². The van der Waals surface area contributed by atoms with Gasteiger partial charge < -0.3 is 14.1 Å². The molecule has 0 unspecified atom stereocenters. The van der Waals surface area contributed by atoms with Crippen LogP contribution in [0, 0.1) is 18.3 Å². The zero-order valence-electron chi connectivity index (χ0n) is 19.5. The molecule has 4 aromatic rings. The fraction of sp³-hybridized carbons (Fsp3) is 0.185. The molecule has 36 heavy (non-hydrogen) atoms. The van der Waals surface area contributed by atoms with Gasteiger partial charge in [-0.3, -0.25) is 4.79 Å². The fourth-order valence-corrected chi connectivity index (χ4v) is 5.72. The van der Waals surface area contributed by atoms with E-state index in [9.17, 15) is 18.5 Å². The van der Waals surface area contributed by atoms with Gasteiger partial charge in [0.25, 0.3) is 0 Å². The Morgan fingerprint density at radius 1 is 1.06 bits per heavy atom. The van der Waals surface area contributed by atoms with Crippen molar-refractivity contribution in [2.45, 2.75) is 11.8 Å². The fourth-order valence-electron chi connectivity index (χ4n) is 4.31. The van der Waals surface area contributed by atoms with Gasteiger partial charge in [0, 0.05) is 41.3 Å². The number of furan rings is 1. The second kappa shape index (κ2) is 9.59. The molecule has 2 aromatic heterocycles. The Balaban J connectivity index is 1.39. The van der Waals surface area contributed by atoms with Crippen LogP contribution in [0.1, 0.15) is 21.8 Å². The van der Waals surface area contributed by atoms with Gasteiger partial charge in [-0.15, -0.1) is 0 Å². The second-order valence-corrected chi connectivity index (χ2v) is 10.4. The molecule has 182 valence electrons. The average Bonchev–Trinajstić information content (AvgIpc) is 3.51. The third kappa shape index (κ3) is 4.38. The standard InChI is InChI=1S/C27H23N3O5S/c1-18-26(23-4-2-3-5-24(23)29-18)27(31)20(17-28)16-21-8-11-25(35-21)19-6-9-22(10-7-19)36(32,33)30-12-14-34-15-13-30/h2-11,16,29H,12-15H2,1H3/b20-16+. The summed E-state index contributed by atoms with van der Waals surface area (Å²) in [6.45, 7) is 3.22. The van der Waals surface area contributed by atoms with Crippen molar-refractivity contribution in [3.05, 3.63) is 83.3 Å². The summed E-state index contributed by atoms with van der Waals surface area (Å²) in [5.41, 5.74) is 2.61. The highest BCUT2D eigenvalue weighted by molar-refractivity contribution is 7.89. The number of rotatable bonds is 6. The predicted octanol–water partition coefficient (Wildman–Crippen LogP) is 4.55. The molecule has 0 atom stereocenters. The van der Waals surface area contributed by atoms with Crippen LogP contribution < -0.4 is 0 Å². The normalized spacial score (nSPS) is 15.2.